The molecule has 0 saturated heterocycles. The molecule has 1 aliphatic rings. The van der Waals surface area contributed by atoms with E-state index in [2.05, 4.69) is 5.32 Å². The van der Waals surface area contributed by atoms with E-state index in [-0.39, 0.29) is 17.4 Å². The Labute approximate surface area is 192 Å². The molecule has 0 bridgehead atoms. The lowest BCUT2D eigenvalue weighted by Crippen LogP contribution is -2.33. The van der Waals surface area contributed by atoms with Gasteiger partial charge in [-0.2, -0.15) is 0 Å². The fraction of sp³-hybridized carbons (Fsp3) is 0.185. The van der Waals surface area contributed by atoms with Crippen LogP contribution in [0.3, 0.4) is 0 Å². The summed E-state index contributed by atoms with van der Waals surface area (Å²) in [5.74, 6) is -0.993. The Balaban J connectivity index is 1.85. The molecule has 1 N–H and O–H groups in total. The van der Waals surface area contributed by atoms with Gasteiger partial charge in [0.05, 0.1) is 17.4 Å². The van der Waals surface area contributed by atoms with Crippen LogP contribution in [-0.2, 0) is 9.59 Å². The highest BCUT2D eigenvalue weighted by Crippen LogP contribution is 2.38. The van der Waals surface area contributed by atoms with Gasteiger partial charge in [0.25, 0.3) is 11.8 Å². The average molecular weight is 445 g/mol. The van der Waals surface area contributed by atoms with Crippen LogP contribution in [0.4, 0.5) is 15.8 Å². The summed E-state index contributed by atoms with van der Waals surface area (Å²) in [5, 5.41) is 3.19. The minimum absolute atomic E-state index is 0.139. The van der Waals surface area contributed by atoms with Gasteiger partial charge in [0.1, 0.15) is 17.3 Å². The summed E-state index contributed by atoms with van der Waals surface area (Å²) >= 11 is 0. The van der Waals surface area contributed by atoms with Crippen LogP contribution < -0.4 is 15.0 Å². The number of anilines is 2. The van der Waals surface area contributed by atoms with Gasteiger partial charge < -0.3 is 10.1 Å². The highest BCUT2D eigenvalue weighted by molar-refractivity contribution is 6.46. The summed E-state index contributed by atoms with van der Waals surface area (Å²) in [6.07, 6.45) is -0.143. The van der Waals surface area contributed by atoms with Gasteiger partial charge in [-0.25, -0.2) is 9.29 Å². The second-order valence-corrected chi connectivity index (χ2v) is 8.28. The van der Waals surface area contributed by atoms with Crippen LogP contribution in [0.2, 0.25) is 0 Å². The van der Waals surface area contributed by atoms with Crippen molar-refractivity contribution in [3.8, 4) is 5.75 Å². The molecule has 0 spiro atoms. The van der Waals surface area contributed by atoms with E-state index in [1.807, 2.05) is 45.9 Å². The van der Waals surface area contributed by atoms with Crippen LogP contribution in [0.15, 0.2) is 72.4 Å². The first-order chi connectivity index (χ1) is 15.8. The predicted octanol–water partition coefficient (Wildman–Crippen LogP) is 5.63. The molecule has 0 atom stereocenters. The van der Waals surface area contributed by atoms with E-state index < -0.39 is 17.6 Å². The SMILES string of the molecule is Cc1ccc(C)c(NC2=C(c3ccc(F)cc3)C(=O)N(c3ccccc3OC(C)C)C2=O)c1. The van der Waals surface area contributed by atoms with Crippen LogP contribution in [0.5, 0.6) is 5.75 Å². The van der Waals surface area contributed by atoms with E-state index in [0.29, 0.717) is 17.0 Å². The molecule has 0 aromatic heterocycles. The van der Waals surface area contributed by atoms with Crippen LogP contribution in [0.1, 0.15) is 30.5 Å². The third-order valence-corrected chi connectivity index (χ3v) is 5.34. The maximum atomic E-state index is 13.7. The van der Waals surface area contributed by atoms with Crippen LogP contribution in [0, 0.1) is 19.7 Å². The summed E-state index contributed by atoms with van der Waals surface area (Å²) in [5.41, 5.74) is 3.79. The van der Waals surface area contributed by atoms with Crippen molar-refractivity contribution in [3.05, 3.63) is 94.9 Å². The number of rotatable bonds is 6. The molecule has 168 valence electrons. The van der Waals surface area contributed by atoms with E-state index in [1.165, 1.54) is 24.3 Å². The largest absolute Gasteiger partial charge is 0.489 e. The lowest BCUT2D eigenvalue weighted by molar-refractivity contribution is -0.120. The van der Waals surface area contributed by atoms with Gasteiger partial charge in [0.15, 0.2) is 0 Å². The zero-order valence-corrected chi connectivity index (χ0v) is 19.0. The Morgan fingerprint density at radius 1 is 0.909 bits per heavy atom. The predicted molar refractivity (Wildman–Crippen MR) is 128 cm³/mol. The fourth-order valence-electron chi connectivity index (χ4n) is 3.75. The molecule has 0 unspecified atom stereocenters. The Kier molecular flexibility index (Phi) is 6.01. The van der Waals surface area contributed by atoms with Crippen molar-refractivity contribution < 1.29 is 18.7 Å². The van der Waals surface area contributed by atoms with Crippen molar-refractivity contribution in [1.29, 1.82) is 0 Å². The third-order valence-electron chi connectivity index (χ3n) is 5.34. The highest BCUT2D eigenvalue weighted by atomic mass is 19.1. The van der Waals surface area contributed by atoms with E-state index in [9.17, 15) is 14.0 Å². The van der Waals surface area contributed by atoms with Gasteiger partial charge in [-0.05, 0) is 74.7 Å². The summed E-state index contributed by atoms with van der Waals surface area (Å²) < 4.78 is 19.5. The van der Waals surface area contributed by atoms with Crippen LogP contribution in [-0.4, -0.2) is 17.9 Å². The molecule has 1 heterocycles. The number of carbonyl (C=O) groups excluding carboxylic acids is 2. The van der Waals surface area contributed by atoms with Crippen molar-refractivity contribution in [3.63, 3.8) is 0 Å². The lowest BCUT2D eigenvalue weighted by Gasteiger charge is -2.20. The highest BCUT2D eigenvalue weighted by Gasteiger charge is 2.41. The smallest absolute Gasteiger partial charge is 0.282 e. The monoisotopic (exact) mass is 444 g/mol. The molecular weight excluding hydrogens is 419 g/mol. The average Bonchev–Trinajstić information content (AvgIpc) is 3.01. The van der Waals surface area contributed by atoms with Crippen LogP contribution in [0.25, 0.3) is 5.57 Å². The van der Waals surface area contributed by atoms with E-state index in [4.69, 9.17) is 4.74 Å². The minimum atomic E-state index is -0.501. The number of halogens is 1. The number of nitrogens with one attached hydrogen (secondary N) is 1. The standard InChI is InChI=1S/C27H25FN2O3/c1-16(2)33-23-8-6-5-7-22(23)30-26(31)24(19-11-13-20(28)14-12-19)25(27(30)32)29-21-15-17(3)9-10-18(21)4/h5-16,29H,1-4H3. The molecule has 0 fully saturated rings. The second kappa shape index (κ2) is 8.90. The van der Waals surface area contributed by atoms with Crippen molar-refractivity contribution in [1.82, 2.24) is 0 Å². The maximum Gasteiger partial charge on any atom is 0.282 e. The number of benzene rings is 3. The molecule has 1 aliphatic heterocycles. The van der Waals surface area contributed by atoms with Gasteiger partial charge in [0.2, 0.25) is 0 Å². The van der Waals surface area contributed by atoms with E-state index in [1.54, 1.807) is 24.3 Å². The molecule has 33 heavy (non-hydrogen) atoms. The minimum Gasteiger partial charge on any atom is -0.489 e. The number of para-hydroxylation sites is 2. The molecule has 0 aliphatic carbocycles. The summed E-state index contributed by atoms with van der Waals surface area (Å²) in [7, 11) is 0. The number of aryl methyl sites for hydroxylation is 2. The number of imide groups is 1. The van der Waals surface area contributed by atoms with Crippen molar-refractivity contribution in [2.75, 3.05) is 10.2 Å². The first kappa shape index (κ1) is 22.3. The van der Waals surface area contributed by atoms with Crippen molar-refractivity contribution in [2.24, 2.45) is 0 Å². The summed E-state index contributed by atoms with van der Waals surface area (Å²) in [6.45, 7) is 7.62. The second-order valence-electron chi connectivity index (χ2n) is 8.28. The Hall–Kier alpha value is -3.93. The van der Waals surface area contributed by atoms with Crippen molar-refractivity contribution >= 4 is 28.8 Å². The third kappa shape index (κ3) is 4.37. The normalized spacial score (nSPS) is 13.8. The quantitative estimate of drug-likeness (QED) is 0.501. The first-order valence-electron chi connectivity index (χ1n) is 10.7. The molecular formula is C27H25FN2O3. The molecule has 2 amide bonds. The molecule has 0 saturated carbocycles. The number of amides is 2. The topological polar surface area (TPSA) is 58.6 Å². The van der Waals surface area contributed by atoms with Gasteiger partial charge in [-0.15, -0.1) is 0 Å². The van der Waals surface area contributed by atoms with Crippen LogP contribution >= 0.6 is 0 Å². The Morgan fingerprint density at radius 2 is 1.61 bits per heavy atom. The molecule has 4 rings (SSSR count). The Bertz CT molecular complexity index is 1260. The maximum absolute atomic E-state index is 13.7. The van der Waals surface area contributed by atoms with Gasteiger partial charge in [-0.3, -0.25) is 9.59 Å². The number of nitrogens with zero attached hydrogens (tertiary/aromatic N) is 1. The summed E-state index contributed by atoms with van der Waals surface area (Å²) in [4.78, 5) is 28.4. The molecule has 3 aromatic carbocycles. The zero-order chi connectivity index (χ0) is 23.7. The number of carbonyl (C=O) groups is 2. The molecule has 0 radical (unpaired) electrons. The number of hydrogen-bond donors (Lipinski definition) is 1. The van der Waals surface area contributed by atoms with Gasteiger partial charge in [-0.1, -0.05) is 36.4 Å². The zero-order valence-electron chi connectivity index (χ0n) is 19.0. The number of hydrogen-bond acceptors (Lipinski definition) is 4. The first-order valence-corrected chi connectivity index (χ1v) is 10.7. The van der Waals surface area contributed by atoms with Gasteiger partial charge in [0, 0.05) is 5.69 Å². The number of ether oxygens (including phenoxy) is 1. The molecule has 5 nitrogen and oxygen atoms in total. The fourth-order valence-corrected chi connectivity index (χ4v) is 3.75. The molecule has 6 heteroatoms. The Morgan fingerprint density at radius 3 is 2.30 bits per heavy atom. The van der Waals surface area contributed by atoms with E-state index >= 15 is 0 Å². The summed E-state index contributed by atoms with van der Waals surface area (Å²) in [6, 6.07) is 18.3. The molecule has 3 aromatic rings. The van der Waals surface area contributed by atoms with Crippen molar-refractivity contribution in [2.45, 2.75) is 33.8 Å². The van der Waals surface area contributed by atoms with E-state index in [0.717, 1.165) is 21.7 Å². The lowest BCUT2D eigenvalue weighted by atomic mass is 10.0. The van der Waals surface area contributed by atoms with Gasteiger partial charge >= 0.3 is 0 Å².